The van der Waals surface area contributed by atoms with Gasteiger partial charge in [-0.1, -0.05) is 52.3 Å². The lowest BCUT2D eigenvalue weighted by Crippen LogP contribution is -2.30. The van der Waals surface area contributed by atoms with Crippen LogP contribution in [0.4, 0.5) is 0 Å². The number of hydrogen-bond acceptors (Lipinski definition) is 4. The van der Waals surface area contributed by atoms with Gasteiger partial charge >= 0.3 is 0 Å². The van der Waals surface area contributed by atoms with Gasteiger partial charge in [0.15, 0.2) is 9.84 Å². The Morgan fingerprint density at radius 1 is 1.00 bits per heavy atom. The van der Waals surface area contributed by atoms with Crippen molar-refractivity contribution < 1.29 is 13.2 Å². The van der Waals surface area contributed by atoms with Crippen LogP contribution < -0.4 is 5.32 Å². The topological polar surface area (TPSA) is 81.1 Å². The average Bonchev–Trinajstić information content (AvgIpc) is 3.15. The molecule has 1 aromatic heterocycles. The molecule has 3 aromatic rings. The van der Waals surface area contributed by atoms with Crippen molar-refractivity contribution in [3.63, 3.8) is 0 Å². The van der Waals surface area contributed by atoms with E-state index in [1.165, 1.54) is 0 Å². The summed E-state index contributed by atoms with van der Waals surface area (Å²) in [6.45, 7) is 1.01. The van der Waals surface area contributed by atoms with Crippen molar-refractivity contribution in [2.75, 3.05) is 5.75 Å². The van der Waals surface area contributed by atoms with Crippen molar-refractivity contribution in [2.24, 2.45) is 0 Å². The van der Waals surface area contributed by atoms with Crippen LogP contribution in [0.3, 0.4) is 0 Å². The number of carbonyl (C=O) groups is 1. The lowest BCUT2D eigenvalue weighted by Gasteiger charge is -2.08. The highest BCUT2D eigenvalue weighted by Gasteiger charge is 2.17. The predicted octanol–water partition coefficient (Wildman–Crippen LogP) is 2.93. The molecule has 0 saturated carbocycles. The van der Waals surface area contributed by atoms with Gasteiger partial charge in [0.25, 0.3) is 0 Å². The predicted molar refractivity (Wildman–Crippen MR) is 111 cm³/mol. The summed E-state index contributed by atoms with van der Waals surface area (Å²) in [6, 6.07) is 14.8. The van der Waals surface area contributed by atoms with Crippen LogP contribution in [0.2, 0.25) is 0 Å². The number of amides is 1. The number of halogens is 1. The number of carbonyl (C=O) groups excluding carboxylic acids is 1. The fourth-order valence-corrected chi connectivity index (χ4v) is 4.26. The Morgan fingerprint density at radius 2 is 1.64 bits per heavy atom. The van der Waals surface area contributed by atoms with Crippen molar-refractivity contribution in [3.8, 4) is 0 Å². The van der Waals surface area contributed by atoms with E-state index in [9.17, 15) is 13.2 Å². The van der Waals surface area contributed by atoms with Crippen molar-refractivity contribution >= 4 is 31.7 Å². The molecule has 1 N–H and O–H groups in total. The second-order valence-electron chi connectivity index (χ2n) is 6.49. The van der Waals surface area contributed by atoms with Gasteiger partial charge in [-0.3, -0.25) is 4.79 Å². The number of rotatable bonds is 8. The lowest BCUT2D eigenvalue weighted by atomic mass is 10.1. The zero-order chi connectivity index (χ0) is 20.0. The van der Waals surface area contributed by atoms with E-state index in [0.29, 0.717) is 5.56 Å². The normalized spacial score (nSPS) is 11.3. The maximum Gasteiger partial charge on any atom is 0.235 e. The van der Waals surface area contributed by atoms with Gasteiger partial charge < -0.3 is 9.88 Å². The highest BCUT2D eigenvalue weighted by atomic mass is 79.9. The highest BCUT2D eigenvalue weighted by Crippen LogP contribution is 2.13. The molecule has 28 heavy (non-hydrogen) atoms. The Labute approximate surface area is 172 Å². The SMILES string of the molecule is O=C(CS(=O)(=O)Cc1ccc(Br)cc1)NCc1ccc(Cn2ccnc2)cc1. The molecular formula is C20H20BrN3O3S. The van der Waals surface area contributed by atoms with E-state index in [0.717, 1.165) is 22.1 Å². The average molecular weight is 462 g/mol. The first-order valence-corrected chi connectivity index (χ1v) is 11.3. The maximum absolute atomic E-state index is 12.2. The summed E-state index contributed by atoms with van der Waals surface area (Å²) >= 11 is 3.31. The third-order valence-electron chi connectivity index (χ3n) is 4.09. The van der Waals surface area contributed by atoms with Crippen LogP contribution in [0.1, 0.15) is 16.7 Å². The number of nitrogens with zero attached hydrogens (tertiary/aromatic N) is 2. The molecule has 1 amide bonds. The first-order valence-electron chi connectivity index (χ1n) is 8.65. The number of hydrogen-bond donors (Lipinski definition) is 1. The van der Waals surface area contributed by atoms with Crippen molar-refractivity contribution in [2.45, 2.75) is 18.8 Å². The Hall–Kier alpha value is -2.45. The van der Waals surface area contributed by atoms with Gasteiger partial charge in [-0.2, -0.15) is 0 Å². The van der Waals surface area contributed by atoms with Gasteiger partial charge in [0.1, 0.15) is 5.75 Å². The summed E-state index contributed by atoms with van der Waals surface area (Å²) in [7, 11) is -3.52. The van der Waals surface area contributed by atoms with Crippen LogP contribution in [0.5, 0.6) is 0 Å². The quantitative estimate of drug-likeness (QED) is 0.558. The van der Waals surface area contributed by atoms with E-state index in [1.807, 2.05) is 35.0 Å². The van der Waals surface area contributed by atoms with Crippen molar-refractivity contribution in [3.05, 3.63) is 88.4 Å². The summed E-state index contributed by atoms with van der Waals surface area (Å²) in [5, 5.41) is 2.67. The molecule has 0 spiro atoms. The Kier molecular flexibility index (Phi) is 6.64. The number of benzene rings is 2. The molecule has 0 aliphatic rings. The molecule has 8 heteroatoms. The van der Waals surface area contributed by atoms with Crippen LogP contribution >= 0.6 is 15.9 Å². The largest absolute Gasteiger partial charge is 0.351 e. The Morgan fingerprint density at radius 3 is 2.29 bits per heavy atom. The Balaban J connectivity index is 1.48. The van der Waals surface area contributed by atoms with Gasteiger partial charge in [-0.25, -0.2) is 13.4 Å². The molecule has 146 valence electrons. The fourth-order valence-electron chi connectivity index (χ4n) is 2.69. The first kappa shape index (κ1) is 20.3. The summed E-state index contributed by atoms with van der Waals surface area (Å²) in [6.07, 6.45) is 5.38. The smallest absolute Gasteiger partial charge is 0.235 e. The van der Waals surface area contributed by atoms with Crippen LogP contribution in [-0.2, 0) is 33.5 Å². The van der Waals surface area contributed by atoms with E-state index < -0.39 is 21.5 Å². The van der Waals surface area contributed by atoms with Gasteiger partial charge in [-0.15, -0.1) is 0 Å². The molecule has 0 atom stereocenters. The molecule has 6 nitrogen and oxygen atoms in total. The number of imidazole rings is 1. The van der Waals surface area contributed by atoms with Gasteiger partial charge in [0.05, 0.1) is 12.1 Å². The number of aromatic nitrogens is 2. The second kappa shape index (κ2) is 9.16. The van der Waals surface area contributed by atoms with Crippen LogP contribution in [0.15, 0.2) is 71.7 Å². The minimum absolute atomic E-state index is 0.156. The Bertz CT molecular complexity index is 1020. The third-order valence-corrected chi connectivity index (χ3v) is 6.09. The van der Waals surface area contributed by atoms with Crippen LogP contribution in [0.25, 0.3) is 0 Å². The standard InChI is InChI=1S/C20H20BrN3O3S/c21-19-7-5-18(6-8-19)13-28(26,27)14-20(25)23-11-16-1-3-17(4-2-16)12-24-10-9-22-15-24/h1-10,15H,11-14H2,(H,23,25). The summed E-state index contributed by atoms with van der Waals surface area (Å²) in [5.74, 6) is -1.18. The second-order valence-corrected chi connectivity index (χ2v) is 9.47. The molecule has 0 aliphatic carbocycles. The zero-order valence-corrected chi connectivity index (χ0v) is 17.5. The molecule has 3 rings (SSSR count). The number of sulfone groups is 1. The monoisotopic (exact) mass is 461 g/mol. The number of nitrogens with one attached hydrogen (secondary N) is 1. The molecule has 1 heterocycles. The van der Waals surface area contributed by atoms with Crippen molar-refractivity contribution in [1.82, 2.24) is 14.9 Å². The molecule has 0 saturated heterocycles. The maximum atomic E-state index is 12.2. The zero-order valence-electron chi connectivity index (χ0n) is 15.1. The van der Waals surface area contributed by atoms with Crippen LogP contribution in [-0.4, -0.2) is 29.6 Å². The van der Waals surface area contributed by atoms with E-state index in [4.69, 9.17) is 0 Å². The molecule has 2 aromatic carbocycles. The highest BCUT2D eigenvalue weighted by molar-refractivity contribution is 9.10. The minimum atomic E-state index is -3.52. The van der Waals surface area contributed by atoms with E-state index >= 15 is 0 Å². The van der Waals surface area contributed by atoms with E-state index in [1.54, 1.807) is 36.8 Å². The summed E-state index contributed by atoms with van der Waals surface area (Å²) in [4.78, 5) is 16.1. The fraction of sp³-hybridized carbons (Fsp3) is 0.200. The molecule has 0 aliphatic heterocycles. The molecule has 0 unspecified atom stereocenters. The van der Waals surface area contributed by atoms with Gasteiger partial charge in [-0.05, 0) is 28.8 Å². The molecule has 0 radical (unpaired) electrons. The van der Waals surface area contributed by atoms with Gasteiger partial charge in [0.2, 0.25) is 5.91 Å². The van der Waals surface area contributed by atoms with Crippen molar-refractivity contribution in [1.29, 1.82) is 0 Å². The summed E-state index contributed by atoms with van der Waals surface area (Å²) in [5.41, 5.74) is 2.68. The third kappa shape index (κ3) is 6.31. The van der Waals surface area contributed by atoms with E-state index in [2.05, 4.69) is 26.2 Å². The minimum Gasteiger partial charge on any atom is -0.351 e. The van der Waals surface area contributed by atoms with Gasteiger partial charge in [0, 0.05) is 30.0 Å². The van der Waals surface area contributed by atoms with E-state index in [-0.39, 0.29) is 12.3 Å². The molecule has 0 bridgehead atoms. The lowest BCUT2D eigenvalue weighted by molar-refractivity contribution is -0.118. The molecule has 0 fully saturated rings. The summed E-state index contributed by atoms with van der Waals surface area (Å²) < 4.78 is 27.3. The molecular weight excluding hydrogens is 442 g/mol. The first-order chi connectivity index (χ1) is 13.4. The van der Waals surface area contributed by atoms with Crippen LogP contribution in [0, 0.1) is 0 Å².